The zero-order valence-electron chi connectivity index (χ0n) is 18.7. The second-order valence-corrected chi connectivity index (χ2v) is 8.36. The number of hydrogen-bond donors (Lipinski definition) is 6. The van der Waals surface area contributed by atoms with Crippen LogP contribution in [0.15, 0.2) is 18.3 Å². The molecule has 6 N–H and O–H groups in total. The fraction of sp³-hybridized carbons (Fsp3) is 0.227. The molecule has 1 saturated heterocycles. The fourth-order valence-electron chi connectivity index (χ4n) is 4.24. The lowest BCUT2D eigenvalue weighted by molar-refractivity contribution is -0.136. The van der Waals surface area contributed by atoms with E-state index in [1.807, 2.05) is 0 Å². The van der Waals surface area contributed by atoms with Crippen LogP contribution < -0.4 is 10.1 Å². The highest BCUT2D eigenvalue weighted by molar-refractivity contribution is 6.05. The molecule has 3 aromatic rings. The monoisotopic (exact) mass is 515 g/mol. The van der Waals surface area contributed by atoms with Gasteiger partial charge < -0.3 is 35.2 Å². The van der Waals surface area contributed by atoms with E-state index < -0.39 is 64.0 Å². The number of phenolic OH excluding ortho intramolecular Hbond substituents is 5. The van der Waals surface area contributed by atoms with Crippen LogP contribution in [-0.2, 0) is 22.7 Å². The third-order valence-corrected chi connectivity index (χ3v) is 6.07. The Kier molecular flexibility index (Phi) is 5.46. The van der Waals surface area contributed by atoms with E-state index in [9.17, 15) is 44.3 Å². The van der Waals surface area contributed by atoms with Crippen LogP contribution in [0.1, 0.15) is 34.5 Å². The van der Waals surface area contributed by atoms with Crippen LogP contribution in [0.4, 0.5) is 4.39 Å². The van der Waals surface area contributed by atoms with Crippen LogP contribution in [0.5, 0.6) is 34.5 Å². The van der Waals surface area contributed by atoms with Gasteiger partial charge in [-0.2, -0.15) is 0 Å². The number of benzene rings is 2. The van der Waals surface area contributed by atoms with Crippen molar-refractivity contribution in [2.24, 2.45) is 0 Å². The Morgan fingerprint density at radius 3 is 2.38 bits per heavy atom. The van der Waals surface area contributed by atoms with Gasteiger partial charge in [0.05, 0.1) is 18.3 Å². The summed E-state index contributed by atoms with van der Waals surface area (Å²) in [5.41, 5.74) is -0.153. The summed E-state index contributed by atoms with van der Waals surface area (Å²) in [6, 6.07) is 1.19. The Balaban J connectivity index is 1.38. The fourth-order valence-corrected chi connectivity index (χ4v) is 4.24. The quantitative estimate of drug-likeness (QED) is 0.154. The van der Waals surface area contributed by atoms with Crippen molar-refractivity contribution in [2.45, 2.75) is 32.0 Å². The first-order chi connectivity index (χ1) is 17.6. The maximum Gasteiger partial charge on any atom is 0.255 e. The first-order valence-corrected chi connectivity index (χ1v) is 10.8. The lowest BCUT2D eigenvalue weighted by Gasteiger charge is -2.29. The zero-order chi connectivity index (χ0) is 26.6. The molecule has 0 radical (unpaired) electrons. The van der Waals surface area contributed by atoms with E-state index in [-0.39, 0.29) is 43.0 Å². The van der Waals surface area contributed by atoms with Gasteiger partial charge in [-0.15, -0.1) is 5.10 Å². The molecule has 192 valence electrons. The van der Waals surface area contributed by atoms with Gasteiger partial charge in [0.25, 0.3) is 5.91 Å². The SMILES string of the molecule is O=C1CCC(N2Cc3c(OCc4cn(-c5c(O)c(O)c(O)c(O)c5O)nn4)cc(F)cc3C2=O)C(=O)N1. The number of aromatic hydroxyl groups is 5. The third kappa shape index (κ3) is 3.85. The molecule has 3 heterocycles. The highest BCUT2D eigenvalue weighted by Crippen LogP contribution is 2.52. The van der Waals surface area contributed by atoms with Gasteiger partial charge in [0, 0.05) is 18.1 Å². The summed E-state index contributed by atoms with van der Waals surface area (Å²) in [7, 11) is 0. The van der Waals surface area contributed by atoms with E-state index in [4.69, 9.17) is 4.74 Å². The molecule has 1 unspecified atom stereocenters. The molecule has 2 aliphatic heterocycles. The van der Waals surface area contributed by atoms with E-state index in [1.54, 1.807) is 0 Å². The van der Waals surface area contributed by atoms with Crippen molar-refractivity contribution < 1.29 is 49.0 Å². The van der Waals surface area contributed by atoms with Crippen molar-refractivity contribution >= 4 is 17.7 Å². The summed E-state index contributed by atoms with van der Waals surface area (Å²) >= 11 is 0. The number of carbonyl (C=O) groups excluding carboxylic acids is 3. The van der Waals surface area contributed by atoms with Crippen LogP contribution in [0.3, 0.4) is 0 Å². The van der Waals surface area contributed by atoms with Gasteiger partial charge in [0.1, 0.15) is 29.9 Å². The van der Waals surface area contributed by atoms with Gasteiger partial charge in [0.15, 0.2) is 17.2 Å². The van der Waals surface area contributed by atoms with Crippen molar-refractivity contribution in [3.05, 3.63) is 41.0 Å². The molecular formula is C22H18FN5O9. The Morgan fingerprint density at radius 2 is 1.70 bits per heavy atom. The number of piperidine rings is 1. The molecule has 15 heteroatoms. The number of aromatic nitrogens is 3. The number of nitrogens with one attached hydrogen (secondary N) is 1. The number of nitrogens with zero attached hydrogens (tertiary/aromatic N) is 4. The standard InChI is InChI=1S/C22H18FN5O9/c23-8-3-10-11(6-27(22(10)36)12-1-2-14(29)24-21(12)35)13(4-8)37-7-9-5-28(26-25-9)15-16(30)18(32)20(34)19(33)17(15)31/h3-5,12,30-34H,1-2,6-7H2,(H,24,29,35). The van der Waals surface area contributed by atoms with Crippen molar-refractivity contribution in [3.8, 4) is 40.2 Å². The van der Waals surface area contributed by atoms with Gasteiger partial charge in [-0.1, -0.05) is 5.21 Å². The van der Waals surface area contributed by atoms with E-state index in [2.05, 4.69) is 15.6 Å². The molecule has 1 fully saturated rings. The summed E-state index contributed by atoms with van der Waals surface area (Å²) in [6.45, 7) is -0.378. The van der Waals surface area contributed by atoms with Crippen LogP contribution in [0, 0.1) is 5.82 Å². The van der Waals surface area contributed by atoms with Crippen molar-refractivity contribution in [1.29, 1.82) is 0 Å². The molecule has 1 atom stereocenters. The predicted molar refractivity (Wildman–Crippen MR) is 116 cm³/mol. The van der Waals surface area contributed by atoms with Crippen molar-refractivity contribution in [1.82, 2.24) is 25.2 Å². The van der Waals surface area contributed by atoms with E-state index in [0.717, 1.165) is 23.0 Å². The first kappa shape index (κ1) is 23.7. The summed E-state index contributed by atoms with van der Waals surface area (Å²) in [5.74, 6) is -7.71. The zero-order valence-corrected chi connectivity index (χ0v) is 18.7. The Hall–Kier alpha value is -5.08. The van der Waals surface area contributed by atoms with Gasteiger partial charge in [-0.05, 0) is 12.5 Å². The van der Waals surface area contributed by atoms with Crippen molar-refractivity contribution in [3.63, 3.8) is 0 Å². The molecule has 2 aliphatic rings. The third-order valence-electron chi connectivity index (χ3n) is 6.07. The minimum absolute atomic E-state index is 0.00156. The summed E-state index contributed by atoms with van der Waals surface area (Å²) in [5, 5.41) is 58.7. The molecular weight excluding hydrogens is 497 g/mol. The Bertz CT molecular complexity index is 1460. The average molecular weight is 515 g/mol. The second-order valence-electron chi connectivity index (χ2n) is 8.36. The lowest BCUT2D eigenvalue weighted by atomic mass is 10.0. The number of fused-ring (bicyclic) bond motifs is 1. The maximum absolute atomic E-state index is 14.3. The van der Waals surface area contributed by atoms with Crippen LogP contribution in [0.2, 0.25) is 0 Å². The molecule has 5 rings (SSSR count). The van der Waals surface area contributed by atoms with E-state index in [1.165, 1.54) is 4.90 Å². The number of amides is 3. The number of phenols is 5. The minimum Gasteiger partial charge on any atom is -0.503 e. The van der Waals surface area contributed by atoms with Crippen LogP contribution in [-0.4, -0.2) is 69.2 Å². The predicted octanol–water partition coefficient (Wildman–Crippen LogP) is 0.274. The number of carbonyl (C=O) groups is 3. The molecule has 0 saturated carbocycles. The topological polar surface area (TPSA) is 208 Å². The van der Waals surface area contributed by atoms with Crippen LogP contribution in [0.25, 0.3) is 5.69 Å². The first-order valence-electron chi connectivity index (χ1n) is 10.8. The smallest absolute Gasteiger partial charge is 0.255 e. The van der Waals surface area contributed by atoms with Crippen LogP contribution >= 0.6 is 0 Å². The number of halogens is 1. The van der Waals surface area contributed by atoms with Gasteiger partial charge in [-0.3, -0.25) is 19.7 Å². The number of ether oxygens (including phenoxy) is 1. The maximum atomic E-state index is 14.3. The van der Waals surface area contributed by atoms with Gasteiger partial charge >= 0.3 is 0 Å². The number of imide groups is 1. The summed E-state index contributed by atoms with van der Waals surface area (Å²) in [6.07, 6.45) is 1.35. The minimum atomic E-state index is -1.14. The van der Waals surface area contributed by atoms with Crippen molar-refractivity contribution in [2.75, 3.05) is 0 Å². The molecule has 3 amide bonds. The normalized spacial score (nSPS) is 17.2. The second kappa shape index (κ2) is 8.54. The summed E-state index contributed by atoms with van der Waals surface area (Å²) in [4.78, 5) is 37.9. The highest BCUT2D eigenvalue weighted by atomic mass is 19.1. The average Bonchev–Trinajstić information content (AvgIpc) is 3.45. The van der Waals surface area contributed by atoms with Gasteiger partial charge in [-0.25, -0.2) is 9.07 Å². The molecule has 2 aromatic carbocycles. The Labute approximate surface area is 205 Å². The number of hydrogen-bond acceptors (Lipinski definition) is 11. The molecule has 37 heavy (non-hydrogen) atoms. The highest BCUT2D eigenvalue weighted by Gasteiger charge is 2.40. The molecule has 0 spiro atoms. The Morgan fingerprint density at radius 1 is 1.03 bits per heavy atom. The molecule has 0 aliphatic carbocycles. The van der Waals surface area contributed by atoms with Gasteiger partial charge in [0.2, 0.25) is 29.1 Å². The lowest BCUT2D eigenvalue weighted by Crippen LogP contribution is -2.52. The van der Waals surface area contributed by atoms with E-state index in [0.29, 0.717) is 5.56 Å². The molecule has 1 aromatic heterocycles. The van der Waals surface area contributed by atoms with E-state index >= 15 is 0 Å². The molecule has 14 nitrogen and oxygen atoms in total. The summed E-state index contributed by atoms with van der Waals surface area (Å²) < 4.78 is 20.8. The largest absolute Gasteiger partial charge is 0.503 e. The molecule has 0 bridgehead atoms. The number of rotatable bonds is 5.